The minimum absolute atomic E-state index is 0.381. The van der Waals surface area contributed by atoms with Gasteiger partial charge in [0.2, 0.25) is 0 Å². The fourth-order valence-corrected chi connectivity index (χ4v) is 4.19. The Hall–Kier alpha value is -1.90. The van der Waals surface area contributed by atoms with Gasteiger partial charge in [-0.25, -0.2) is 9.59 Å². The summed E-state index contributed by atoms with van der Waals surface area (Å²) >= 11 is 0. The highest BCUT2D eigenvalue weighted by Gasteiger charge is 2.16. The van der Waals surface area contributed by atoms with Crippen molar-refractivity contribution in [3.05, 3.63) is 48.6 Å². The Balaban J connectivity index is 3.70. The van der Waals surface area contributed by atoms with Crippen molar-refractivity contribution in [2.45, 2.75) is 155 Å². The van der Waals surface area contributed by atoms with E-state index in [1.807, 2.05) is 0 Å². The van der Waals surface area contributed by atoms with Crippen LogP contribution < -0.4 is 0 Å². The third kappa shape index (κ3) is 24.2. The fraction of sp³-hybridized carbons (Fsp3) is 0.706. The first-order valence-corrected chi connectivity index (χ1v) is 15.4. The van der Waals surface area contributed by atoms with Crippen LogP contribution in [0.25, 0.3) is 0 Å². The van der Waals surface area contributed by atoms with Gasteiger partial charge in [-0.15, -0.1) is 0 Å². The molecule has 0 aliphatic carbocycles. The molecule has 0 amide bonds. The van der Waals surface area contributed by atoms with E-state index in [9.17, 15) is 9.59 Å². The summed E-state index contributed by atoms with van der Waals surface area (Å²) in [5, 5.41) is 0. The lowest BCUT2D eigenvalue weighted by molar-refractivity contribution is -0.154. The van der Waals surface area contributed by atoms with Gasteiger partial charge in [0.05, 0.1) is 0 Å². The molecule has 3 nitrogen and oxygen atoms in total. The Morgan fingerprint density at radius 3 is 1.11 bits per heavy atom. The van der Waals surface area contributed by atoms with E-state index < -0.39 is 11.9 Å². The van der Waals surface area contributed by atoms with Gasteiger partial charge in [0.1, 0.15) is 0 Å². The van der Waals surface area contributed by atoms with Crippen molar-refractivity contribution < 1.29 is 14.3 Å². The zero-order chi connectivity index (χ0) is 27.4. The van der Waals surface area contributed by atoms with Gasteiger partial charge in [0.15, 0.2) is 0 Å². The number of unbranched alkanes of at least 4 members (excludes halogenated alkanes) is 16. The highest BCUT2D eigenvalue weighted by molar-refractivity contribution is 6.01. The Morgan fingerprint density at radius 1 is 0.486 bits per heavy atom. The van der Waals surface area contributed by atoms with E-state index in [-0.39, 0.29) is 0 Å². The molecule has 0 aliphatic heterocycles. The van der Waals surface area contributed by atoms with E-state index in [4.69, 9.17) is 4.74 Å². The average Bonchev–Trinajstić information content (AvgIpc) is 2.89. The molecule has 0 atom stereocenters. The fourth-order valence-electron chi connectivity index (χ4n) is 4.19. The Bertz CT molecular complexity index is 600. The quantitative estimate of drug-likeness (QED) is 0.0379. The molecule has 0 radical (unpaired) electrons. The van der Waals surface area contributed by atoms with E-state index in [1.165, 1.54) is 77.0 Å². The third-order valence-corrected chi connectivity index (χ3v) is 6.74. The third-order valence-electron chi connectivity index (χ3n) is 6.74. The number of carbonyl (C=O) groups excluding carboxylic acids is 2. The number of rotatable bonds is 26. The molecule has 0 saturated carbocycles. The zero-order valence-electron chi connectivity index (χ0n) is 24.5. The topological polar surface area (TPSA) is 43.4 Å². The molecule has 0 N–H and O–H groups in total. The van der Waals surface area contributed by atoms with Crippen LogP contribution >= 0.6 is 0 Å². The highest BCUT2D eigenvalue weighted by Crippen LogP contribution is 2.15. The van der Waals surface area contributed by atoms with E-state index in [2.05, 4.69) is 51.3 Å². The lowest BCUT2D eigenvalue weighted by Gasteiger charge is -2.07. The number of hydrogen-bond donors (Lipinski definition) is 0. The molecule has 0 unspecified atom stereocenters. The minimum atomic E-state index is -0.598. The van der Waals surface area contributed by atoms with Crippen LogP contribution in [0.3, 0.4) is 0 Å². The van der Waals surface area contributed by atoms with Gasteiger partial charge in [-0.05, 0) is 77.0 Å². The van der Waals surface area contributed by atoms with Gasteiger partial charge in [-0.2, -0.15) is 0 Å². The molecule has 0 fully saturated rings. The Morgan fingerprint density at radius 2 is 0.784 bits per heavy atom. The zero-order valence-corrected chi connectivity index (χ0v) is 24.5. The second kappa shape index (κ2) is 27.1. The first kappa shape index (κ1) is 35.1. The molecule has 0 saturated heterocycles. The van der Waals surface area contributed by atoms with E-state index in [1.54, 1.807) is 0 Å². The molecule has 0 spiro atoms. The number of carbonyl (C=O) groups is 2. The molecule has 3 heteroatoms. The van der Waals surface area contributed by atoms with Crippen molar-refractivity contribution in [1.29, 1.82) is 0 Å². The van der Waals surface area contributed by atoms with E-state index in [0.29, 0.717) is 24.0 Å². The SMILES string of the molecule is C=C(CCCCCCC=CCCCCCC)C(=O)OC(=O)C(=C)CCCCCC/C=C\CCCCCC. The van der Waals surface area contributed by atoms with Crippen molar-refractivity contribution >= 4 is 11.9 Å². The summed E-state index contributed by atoms with van der Waals surface area (Å²) in [5.41, 5.74) is 0.762. The average molecular weight is 515 g/mol. The maximum atomic E-state index is 12.2. The van der Waals surface area contributed by atoms with Crippen LogP contribution in [0.4, 0.5) is 0 Å². The summed E-state index contributed by atoms with van der Waals surface area (Å²) in [5.74, 6) is -1.20. The number of allylic oxidation sites excluding steroid dienone is 4. The summed E-state index contributed by atoms with van der Waals surface area (Å²) in [6.45, 7) is 12.1. The smallest absolute Gasteiger partial charge is 0.341 e. The number of ether oxygens (including phenoxy) is 1. The first-order chi connectivity index (χ1) is 18.0. The lowest BCUT2D eigenvalue weighted by atomic mass is 10.1. The van der Waals surface area contributed by atoms with Gasteiger partial charge in [-0.1, -0.05) is 116 Å². The van der Waals surface area contributed by atoms with E-state index in [0.717, 1.165) is 51.4 Å². The summed E-state index contributed by atoms with van der Waals surface area (Å²) in [6, 6.07) is 0. The number of hydrogen-bond acceptors (Lipinski definition) is 3. The van der Waals surface area contributed by atoms with Crippen LogP contribution in [0.2, 0.25) is 0 Å². The first-order valence-electron chi connectivity index (χ1n) is 15.4. The van der Waals surface area contributed by atoms with Crippen LogP contribution in [-0.2, 0) is 14.3 Å². The molecular formula is C34H58O3. The summed E-state index contributed by atoms with van der Waals surface area (Å²) in [4.78, 5) is 24.3. The molecule has 0 bridgehead atoms. The van der Waals surface area contributed by atoms with Gasteiger partial charge < -0.3 is 4.74 Å². The minimum Gasteiger partial charge on any atom is -0.386 e. The molecular weight excluding hydrogens is 456 g/mol. The highest BCUT2D eigenvalue weighted by atomic mass is 16.6. The lowest BCUT2D eigenvalue weighted by Crippen LogP contribution is -2.15. The standard InChI is InChI=1S/C34H58O3/c1-5-7-9-11-13-15-17-19-21-23-25-27-29-31(3)33(35)37-34(36)32(4)30-28-26-24-22-20-18-16-14-12-10-8-6-2/h15-18H,3-14,19-30H2,1-2H3/b17-15-,18-16?. The predicted octanol–water partition coefficient (Wildman–Crippen LogP) is 10.9. The summed E-state index contributed by atoms with van der Waals surface area (Å²) < 4.78 is 4.99. The van der Waals surface area contributed by atoms with Crippen molar-refractivity contribution in [3.63, 3.8) is 0 Å². The van der Waals surface area contributed by atoms with Crippen molar-refractivity contribution in [2.75, 3.05) is 0 Å². The molecule has 0 aromatic carbocycles. The molecule has 37 heavy (non-hydrogen) atoms. The van der Waals surface area contributed by atoms with Crippen LogP contribution in [0, 0.1) is 0 Å². The Kier molecular flexibility index (Phi) is 25.7. The van der Waals surface area contributed by atoms with Crippen molar-refractivity contribution in [3.8, 4) is 0 Å². The maximum absolute atomic E-state index is 12.2. The summed E-state index contributed by atoms with van der Waals surface area (Å²) in [6.07, 6.45) is 34.2. The predicted molar refractivity (Wildman–Crippen MR) is 161 cm³/mol. The molecule has 0 aliphatic rings. The monoisotopic (exact) mass is 514 g/mol. The molecule has 0 heterocycles. The molecule has 0 aromatic heterocycles. The van der Waals surface area contributed by atoms with Crippen LogP contribution in [0.1, 0.15) is 155 Å². The van der Waals surface area contributed by atoms with Gasteiger partial charge in [0, 0.05) is 11.1 Å². The van der Waals surface area contributed by atoms with Crippen LogP contribution in [0.5, 0.6) is 0 Å². The largest absolute Gasteiger partial charge is 0.386 e. The molecule has 212 valence electrons. The van der Waals surface area contributed by atoms with Crippen LogP contribution in [0.15, 0.2) is 48.6 Å². The van der Waals surface area contributed by atoms with Gasteiger partial charge >= 0.3 is 11.9 Å². The number of esters is 2. The summed E-state index contributed by atoms with van der Waals surface area (Å²) in [7, 11) is 0. The maximum Gasteiger partial charge on any atom is 0.341 e. The van der Waals surface area contributed by atoms with Gasteiger partial charge in [0.25, 0.3) is 0 Å². The second-order valence-electron chi connectivity index (χ2n) is 10.4. The Labute approximate surface area is 229 Å². The van der Waals surface area contributed by atoms with Gasteiger partial charge in [-0.3, -0.25) is 0 Å². The normalized spacial score (nSPS) is 11.4. The van der Waals surface area contributed by atoms with Crippen LogP contribution in [-0.4, -0.2) is 11.9 Å². The van der Waals surface area contributed by atoms with E-state index >= 15 is 0 Å². The molecule has 0 rings (SSSR count). The molecule has 0 aromatic rings. The van der Waals surface area contributed by atoms with Crippen molar-refractivity contribution in [2.24, 2.45) is 0 Å². The van der Waals surface area contributed by atoms with Crippen molar-refractivity contribution in [1.82, 2.24) is 0 Å². The second-order valence-corrected chi connectivity index (χ2v) is 10.4.